The lowest BCUT2D eigenvalue weighted by Crippen LogP contribution is -2.31. The molecule has 7 nitrogen and oxygen atoms in total. The van der Waals surface area contributed by atoms with Crippen molar-refractivity contribution < 1.29 is 9.45 Å². The van der Waals surface area contributed by atoms with E-state index < -0.39 is 4.92 Å². The number of nitro benzene ring substituents is 1. The van der Waals surface area contributed by atoms with Crippen LogP contribution in [0.3, 0.4) is 0 Å². The van der Waals surface area contributed by atoms with Gasteiger partial charge in [-0.05, 0) is 25.0 Å². The summed E-state index contributed by atoms with van der Waals surface area (Å²) in [6, 6.07) is 6.15. The summed E-state index contributed by atoms with van der Waals surface area (Å²) in [4.78, 5) is 14.6. The molecule has 3 rings (SSSR count). The smallest absolute Gasteiger partial charge is 0.269 e. The summed E-state index contributed by atoms with van der Waals surface area (Å²) in [5, 5.41) is 14.6. The van der Waals surface area contributed by atoms with Gasteiger partial charge in [-0.1, -0.05) is 18.0 Å². The van der Waals surface area contributed by atoms with E-state index in [4.69, 9.17) is 10.3 Å². The average molecular weight is 288 g/mol. The van der Waals surface area contributed by atoms with Crippen molar-refractivity contribution in [3.8, 4) is 11.4 Å². The Labute approximate surface area is 121 Å². The van der Waals surface area contributed by atoms with Gasteiger partial charge >= 0.3 is 0 Å². The van der Waals surface area contributed by atoms with E-state index in [2.05, 4.69) is 10.1 Å². The molecule has 0 amide bonds. The van der Waals surface area contributed by atoms with Crippen molar-refractivity contribution in [1.29, 1.82) is 0 Å². The fraction of sp³-hybridized carbons (Fsp3) is 0.429. The predicted octanol–water partition coefficient (Wildman–Crippen LogP) is 2.63. The number of nitrogens with two attached hydrogens (primary N) is 1. The summed E-state index contributed by atoms with van der Waals surface area (Å²) >= 11 is 0. The van der Waals surface area contributed by atoms with Gasteiger partial charge in [0.15, 0.2) is 0 Å². The maximum atomic E-state index is 10.6. The molecule has 110 valence electrons. The van der Waals surface area contributed by atoms with Crippen molar-refractivity contribution in [3.05, 3.63) is 40.3 Å². The minimum absolute atomic E-state index is 0.0387. The van der Waals surface area contributed by atoms with Crippen LogP contribution in [-0.4, -0.2) is 21.1 Å². The van der Waals surface area contributed by atoms with Crippen LogP contribution in [0.5, 0.6) is 0 Å². The first kappa shape index (κ1) is 13.7. The van der Waals surface area contributed by atoms with Gasteiger partial charge in [0.1, 0.15) is 0 Å². The summed E-state index contributed by atoms with van der Waals surface area (Å²) in [6.07, 6.45) is 4.19. The first-order chi connectivity index (χ1) is 10.1. The van der Waals surface area contributed by atoms with Crippen molar-refractivity contribution in [1.82, 2.24) is 10.1 Å². The lowest BCUT2D eigenvalue weighted by molar-refractivity contribution is -0.384. The molecule has 2 atom stereocenters. The molecule has 1 saturated carbocycles. The molecule has 0 aliphatic heterocycles. The molecule has 0 bridgehead atoms. The molecule has 1 fully saturated rings. The Kier molecular flexibility index (Phi) is 3.66. The standard InChI is InChI=1S/C14H16N4O3/c15-12-4-2-1-3-11(12)14-16-13(17-21-14)9-5-7-10(8-6-9)18(19)20/h5-8,11-12H,1-4,15H2. The van der Waals surface area contributed by atoms with Crippen LogP contribution in [0.1, 0.15) is 37.5 Å². The largest absolute Gasteiger partial charge is 0.339 e. The Morgan fingerprint density at radius 1 is 1.24 bits per heavy atom. The second-order valence-corrected chi connectivity index (χ2v) is 5.32. The lowest BCUT2D eigenvalue weighted by Gasteiger charge is -2.25. The normalized spacial score (nSPS) is 22.1. The van der Waals surface area contributed by atoms with Crippen LogP contribution in [0.2, 0.25) is 0 Å². The number of hydrogen-bond acceptors (Lipinski definition) is 6. The topological polar surface area (TPSA) is 108 Å². The predicted molar refractivity (Wildman–Crippen MR) is 75.6 cm³/mol. The number of aromatic nitrogens is 2. The number of nitrogens with zero attached hydrogens (tertiary/aromatic N) is 3. The van der Waals surface area contributed by atoms with Gasteiger partial charge in [0.25, 0.3) is 5.69 Å². The van der Waals surface area contributed by atoms with Crippen molar-refractivity contribution >= 4 is 5.69 Å². The zero-order valence-electron chi connectivity index (χ0n) is 11.4. The van der Waals surface area contributed by atoms with Gasteiger partial charge in [-0.2, -0.15) is 4.98 Å². The summed E-state index contributed by atoms with van der Waals surface area (Å²) in [5.41, 5.74) is 6.84. The van der Waals surface area contributed by atoms with E-state index in [0.29, 0.717) is 17.3 Å². The van der Waals surface area contributed by atoms with Crippen molar-refractivity contribution in [2.45, 2.75) is 37.6 Å². The molecule has 1 aliphatic rings. The SMILES string of the molecule is NC1CCCCC1c1nc(-c2ccc([N+](=O)[O-])cc2)no1. The van der Waals surface area contributed by atoms with Crippen LogP contribution >= 0.6 is 0 Å². The van der Waals surface area contributed by atoms with Gasteiger partial charge in [0, 0.05) is 23.7 Å². The molecule has 0 saturated heterocycles. The van der Waals surface area contributed by atoms with Crippen LogP contribution in [-0.2, 0) is 0 Å². The molecule has 7 heteroatoms. The monoisotopic (exact) mass is 288 g/mol. The van der Waals surface area contributed by atoms with E-state index in [-0.39, 0.29) is 17.6 Å². The van der Waals surface area contributed by atoms with E-state index in [0.717, 1.165) is 25.7 Å². The van der Waals surface area contributed by atoms with E-state index in [1.54, 1.807) is 12.1 Å². The first-order valence-electron chi connectivity index (χ1n) is 6.99. The van der Waals surface area contributed by atoms with Gasteiger partial charge in [-0.15, -0.1) is 0 Å². The fourth-order valence-corrected chi connectivity index (χ4v) is 2.70. The zero-order chi connectivity index (χ0) is 14.8. The number of benzene rings is 1. The third kappa shape index (κ3) is 2.78. The van der Waals surface area contributed by atoms with E-state index >= 15 is 0 Å². The maximum Gasteiger partial charge on any atom is 0.269 e. The summed E-state index contributed by atoms with van der Waals surface area (Å²) in [5.74, 6) is 1.12. The fourth-order valence-electron chi connectivity index (χ4n) is 2.70. The Morgan fingerprint density at radius 2 is 1.95 bits per heavy atom. The molecule has 2 aromatic rings. The minimum atomic E-state index is -0.438. The molecule has 0 spiro atoms. The van der Waals surface area contributed by atoms with Gasteiger partial charge in [0.2, 0.25) is 11.7 Å². The van der Waals surface area contributed by atoms with Crippen molar-refractivity contribution in [3.63, 3.8) is 0 Å². The molecule has 2 N–H and O–H groups in total. The van der Waals surface area contributed by atoms with Crippen LogP contribution < -0.4 is 5.73 Å². The van der Waals surface area contributed by atoms with E-state index in [1.165, 1.54) is 12.1 Å². The summed E-state index contributed by atoms with van der Waals surface area (Å²) in [7, 11) is 0. The Morgan fingerprint density at radius 3 is 2.62 bits per heavy atom. The highest BCUT2D eigenvalue weighted by atomic mass is 16.6. The Bertz CT molecular complexity index is 638. The second-order valence-electron chi connectivity index (χ2n) is 5.32. The van der Waals surface area contributed by atoms with Crippen LogP contribution in [0.4, 0.5) is 5.69 Å². The minimum Gasteiger partial charge on any atom is -0.339 e. The van der Waals surface area contributed by atoms with Gasteiger partial charge in [-0.25, -0.2) is 0 Å². The number of non-ortho nitro benzene ring substituents is 1. The van der Waals surface area contributed by atoms with Crippen LogP contribution in [0, 0.1) is 10.1 Å². The highest BCUT2D eigenvalue weighted by Crippen LogP contribution is 2.32. The Hall–Kier alpha value is -2.28. The Balaban J connectivity index is 1.82. The molecule has 1 aromatic heterocycles. The van der Waals surface area contributed by atoms with Gasteiger partial charge < -0.3 is 10.3 Å². The van der Waals surface area contributed by atoms with Crippen molar-refractivity contribution in [2.75, 3.05) is 0 Å². The van der Waals surface area contributed by atoms with E-state index in [9.17, 15) is 10.1 Å². The molecular formula is C14H16N4O3. The third-order valence-corrected chi connectivity index (χ3v) is 3.91. The molecule has 1 aliphatic carbocycles. The molecular weight excluding hydrogens is 272 g/mol. The molecule has 1 aromatic carbocycles. The third-order valence-electron chi connectivity index (χ3n) is 3.91. The van der Waals surface area contributed by atoms with E-state index in [1.807, 2.05) is 0 Å². The maximum absolute atomic E-state index is 10.6. The molecule has 0 radical (unpaired) electrons. The van der Waals surface area contributed by atoms with Gasteiger partial charge in [-0.3, -0.25) is 10.1 Å². The highest BCUT2D eigenvalue weighted by molar-refractivity contribution is 5.56. The number of hydrogen-bond donors (Lipinski definition) is 1. The molecule has 2 unspecified atom stereocenters. The number of rotatable bonds is 3. The van der Waals surface area contributed by atoms with Crippen LogP contribution in [0.15, 0.2) is 28.8 Å². The summed E-state index contributed by atoms with van der Waals surface area (Å²) in [6.45, 7) is 0. The lowest BCUT2D eigenvalue weighted by atomic mass is 9.85. The highest BCUT2D eigenvalue weighted by Gasteiger charge is 2.28. The second kappa shape index (κ2) is 5.61. The van der Waals surface area contributed by atoms with Crippen LogP contribution in [0.25, 0.3) is 11.4 Å². The first-order valence-corrected chi connectivity index (χ1v) is 6.99. The van der Waals surface area contributed by atoms with Gasteiger partial charge in [0.05, 0.1) is 10.8 Å². The zero-order valence-corrected chi connectivity index (χ0v) is 11.4. The number of nitro groups is 1. The average Bonchev–Trinajstić information content (AvgIpc) is 2.97. The molecule has 21 heavy (non-hydrogen) atoms. The summed E-state index contributed by atoms with van der Waals surface area (Å²) < 4.78 is 5.33. The van der Waals surface area contributed by atoms with Crippen molar-refractivity contribution in [2.24, 2.45) is 5.73 Å². The quantitative estimate of drug-likeness (QED) is 0.687. The molecule has 1 heterocycles.